The summed E-state index contributed by atoms with van der Waals surface area (Å²) in [6.45, 7) is 4.98. The van der Waals surface area contributed by atoms with E-state index in [1.807, 2.05) is 13.8 Å². The SMILES string of the molecule is COCCC(C)(C)CNS(=O)(=O)c1ccc(Br)cc1Br. The Kier molecular flexibility index (Phi) is 6.66. The van der Waals surface area contributed by atoms with Crippen molar-refractivity contribution in [2.75, 3.05) is 20.3 Å². The third-order valence-electron chi connectivity index (χ3n) is 2.91. The van der Waals surface area contributed by atoms with Crippen molar-refractivity contribution in [3.63, 3.8) is 0 Å². The fraction of sp³-hybridized carbons (Fsp3) is 0.538. The maximum Gasteiger partial charge on any atom is 0.241 e. The number of nitrogens with one attached hydrogen (secondary N) is 1. The highest BCUT2D eigenvalue weighted by Gasteiger charge is 2.23. The molecular formula is C13H19Br2NO3S. The van der Waals surface area contributed by atoms with E-state index >= 15 is 0 Å². The summed E-state index contributed by atoms with van der Waals surface area (Å²) < 4.78 is 33.6. The number of hydrogen-bond donors (Lipinski definition) is 1. The third kappa shape index (κ3) is 5.44. The summed E-state index contributed by atoms with van der Waals surface area (Å²) >= 11 is 6.58. The Morgan fingerprint density at radius 3 is 2.50 bits per heavy atom. The molecule has 114 valence electrons. The largest absolute Gasteiger partial charge is 0.385 e. The molecule has 0 saturated heterocycles. The molecule has 0 bridgehead atoms. The molecule has 0 aliphatic carbocycles. The van der Waals surface area contributed by atoms with Gasteiger partial charge in [0.15, 0.2) is 0 Å². The summed E-state index contributed by atoms with van der Waals surface area (Å²) in [5, 5.41) is 0. The first-order chi connectivity index (χ1) is 9.18. The second-order valence-corrected chi connectivity index (χ2v) is 8.81. The van der Waals surface area contributed by atoms with Crippen molar-refractivity contribution < 1.29 is 13.2 Å². The van der Waals surface area contributed by atoms with Gasteiger partial charge in [-0.25, -0.2) is 13.1 Å². The van der Waals surface area contributed by atoms with E-state index in [4.69, 9.17) is 4.74 Å². The van der Waals surface area contributed by atoms with Gasteiger partial charge in [0.2, 0.25) is 10.0 Å². The molecule has 0 aliphatic rings. The van der Waals surface area contributed by atoms with Gasteiger partial charge in [-0.1, -0.05) is 29.8 Å². The van der Waals surface area contributed by atoms with Gasteiger partial charge in [0.05, 0.1) is 4.90 Å². The first-order valence-electron chi connectivity index (χ1n) is 6.12. The molecule has 1 rings (SSSR count). The van der Waals surface area contributed by atoms with Crippen molar-refractivity contribution >= 4 is 41.9 Å². The third-order valence-corrected chi connectivity index (χ3v) is 5.78. The van der Waals surface area contributed by atoms with Crippen molar-refractivity contribution in [3.8, 4) is 0 Å². The fourth-order valence-electron chi connectivity index (χ4n) is 1.53. The first kappa shape index (κ1) is 18.1. The number of benzene rings is 1. The predicted octanol–water partition coefficient (Wildman–Crippen LogP) is 3.55. The van der Waals surface area contributed by atoms with Gasteiger partial charge in [-0.15, -0.1) is 0 Å². The molecule has 0 radical (unpaired) electrons. The van der Waals surface area contributed by atoms with Crippen LogP contribution in [-0.2, 0) is 14.8 Å². The number of sulfonamides is 1. The molecule has 0 aromatic heterocycles. The number of rotatable bonds is 7. The molecule has 7 heteroatoms. The second-order valence-electron chi connectivity index (χ2n) is 5.31. The number of halogens is 2. The van der Waals surface area contributed by atoms with Crippen molar-refractivity contribution in [2.45, 2.75) is 25.2 Å². The Balaban J connectivity index is 2.80. The Bertz CT molecular complexity index is 559. The van der Waals surface area contributed by atoms with Crippen LogP contribution >= 0.6 is 31.9 Å². The number of hydrogen-bond acceptors (Lipinski definition) is 3. The average Bonchev–Trinajstić information content (AvgIpc) is 2.34. The topological polar surface area (TPSA) is 55.4 Å². The van der Waals surface area contributed by atoms with Crippen LogP contribution in [0, 0.1) is 5.41 Å². The van der Waals surface area contributed by atoms with Crippen LogP contribution in [0.25, 0.3) is 0 Å². The summed E-state index contributed by atoms with van der Waals surface area (Å²) in [6.07, 6.45) is 0.785. The lowest BCUT2D eigenvalue weighted by molar-refractivity contribution is 0.153. The van der Waals surface area contributed by atoms with Crippen LogP contribution in [0.4, 0.5) is 0 Å². The lowest BCUT2D eigenvalue weighted by Gasteiger charge is -2.24. The second kappa shape index (κ2) is 7.35. The highest BCUT2D eigenvalue weighted by molar-refractivity contribution is 9.11. The molecule has 0 spiro atoms. The number of methoxy groups -OCH3 is 1. The Morgan fingerprint density at radius 1 is 1.30 bits per heavy atom. The minimum Gasteiger partial charge on any atom is -0.385 e. The van der Waals surface area contributed by atoms with E-state index in [2.05, 4.69) is 36.6 Å². The van der Waals surface area contributed by atoms with E-state index in [-0.39, 0.29) is 10.3 Å². The van der Waals surface area contributed by atoms with Crippen LogP contribution in [0.3, 0.4) is 0 Å². The maximum absolute atomic E-state index is 12.3. The smallest absolute Gasteiger partial charge is 0.241 e. The zero-order chi connectivity index (χ0) is 15.4. The van der Waals surface area contributed by atoms with Crippen molar-refractivity contribution in [2.24, 2.45) is 5.41 Å². The van der Waals surface area contributed by atoms with Crippen molar-refractivity contribution in [1.82, 2.24) is 4.72 Å². The first-order valence-corrected chi connectivity index (χ1v) is 9.18. The summed E-state index contributed by atoms with van der Waals surface area (Å²) in [5.41, 5.74) is -0.162. The summed E-state index contributed by atoms with van der Waals surface area (Å²) in [5.74, 6) is 0. The molecule has 4 nitrogen and oxygen atoms in total. The molecule has 1 N–H and O–H groups in total. The van der Waals surface area contributed by atoms with Crippen molar-refractivity contribution in [1.29, 1.82) is 0 Å². The van der Waals surface area contributed by atoms with Gasteiger partial charge in [-0.2, -0.15) is 0 Å². The van der Waals surface area contributed by atoms with E-state index in [9.17, 15) is 8.42 Å². The van der Waals surface area contributed by atoms with Crippen LogP contribution in [0.5, 0.6) is 0 Å². The molecule has 1 aromatic rings. The van der Waals surface area contributed by atoms with Crippen LogP contribution in [-0.4, -0.2) is 28.7 Å². The monoisotopic (exact) mass is 427 g/mol. The maximum atomic E-state index is 12.3. The molecule has 0 fully saturated rings. The summed E-state index contributed by atoms with van der Waals surface area (Å²) in [7, 11) is -1.89. The fourth-order valence-corrected chi connectivity index (χ4v) is 4.51. The van der Waals surface area contributed by atoms with E-state index in [1.165, 1.54) is 0 Å². The number of ether oxygens (including phenoxy) is 1. The Labute approximate surface area is 137 Å². The lowest BCUT2D eigenvalue weighted by Crippen LogP contribution is -2.34. The lowest BCUT2D eigenvalue weighted by atomic mass is 9.90. The Morgan fingerprint density at radius 2 is 1.95 bits per heavy atom. The summed E-state index contributed by atoms with van der Waals surface area (Å²) in [4.78, 5) is 0.239. The van der Waals surface area contributed by atoms with Crippen LogP contribution < -0.4 is 4.72 Å². The van der Waals surface area contributed by atoms with E-state index in [0.717, 1.165) is 10.9 Å². The highest BCUT2D eigenvalue weighted by atomic mass is 79.9. The zero-order valence-electron chi connectivity index (χ0n) is 11.7. The highest BCUT2D eigenvalue weighted by Crippen LogP contribution is 2.26. The minimum atomic E-state index is -3.52. The molecule has 0 heterocycles. The zero-order valence-corrected chi connectivity index (χ0v) is 15.7. The van der Waals surface area contributed by atoms with Gasteiger partial charge in [-0.05, 0) is 46.0 Å². The van der Waals surface area contributed by atoms with E-state index < -0.39 is 10.0 Å². The van der Waals surface area contributed by atoms with Gasteiger partial charge in [-0.3, -0.25) is 0 Å². The quantitative estimate of drug-likeness (QED) is 0.722. The molecule has 0 amide bonds. The van der Waals surface area contributed by atoms with Crippen molar-refractivity contribution in [3.05, 3.63) is 27.1 Å². The Hall–Kier alpha value is 0.0500. The molecule has 20 heavy (non-hydrogen) atoms. The van der Waals surface area contributed by atoms with E-state index in [0.29, 0.717) is 17.6 Å². The van der Waals surface area contributed by atoms with Crippen LogP contribution in [0.15, 0.2) is 32.0 Å². The van der Waals surface area contributed by atoms with Gasteiger partial charge in [0.1, 0.15) is 0 Å². The summed E-state index contributed by atoms with van der Waals surface area (Å²) in [6, 6.07) is 4.98. The van der Waals surface area contributed by atoms with Crippen LogP contribution in [0.2, 0.25) is 0 Å². The molecular weight excluding hydrogens is 410 g/mol. The molecule has 1 aromatic carbocycles. The van der Waals surface area contributed by atoms with Gasteiger partial charge in [0.25, 0.3) is 0 Å². The molecule has 0 saturated carbocycles. The molecule has 0 aliphatic heterocycles. The average molecular weight is 429 g/mol. The van der Waals surface area contributed by atoms with E-state index in [1.54, 1.807) is 25.3 Å². The molecule has 0 unspecified atom stereocenters. The van der Waals surface area contributed by atoms with Gasteiger partial charge >= 0.3 is 0 Å². The normalized spacial score (nSPS) is 12.7. The minimum absolute atomic E-state index is 0.162. The molecule has 0 atom stereocenters. The predicted molar refractivity (Wildman–Crippen MR) is 87.3 cm³/mol. The van der Waals surface area contributed by atoms with Gasteiger partial charge < -0.3 is 4.74 Å². The van der Waals surface area contributed by atoms with Crippen LogP contribution in [0.1, 0.15) is 20.3 Å². The standard InChI is InChI=1S/C13H19Br2NO3S/c1-13(2,6-7-19-3)9-16-20(17,18)12-5-4-10(14)8-11(12)15/h4-5,8,16H,6-7,9H2,1-3H3. The van der Waals surface area contributed by atoms with Gasteiger partial charge in [0, 0.05) is 29.2 Å².